The molecule has 0 saturated carbocycles. The van der Waals surface area contributed by atoms with E-state index in [1.54, 1.807) is 29.2 Å². The topological polar surface area (TPSA) is 245 Å². The summed E-state index contributed by atoms with van der Waals surface area (Å²) in [7, 11) is -1.35. The molecule has 1 heterocycles. The first kappa shape index (κ1) is 84.4. The van der Waals surface area contributed by atoms with Gasteiger partial charge in [0.2, 0.25) is 23.6 Å². The molecule has 2 aromatic rings. The standard InChI is InChI=1S/C69H125N5O17S/c1-4-6-8-10-12-14-16-18-20-22-24-26-28-30-65(75)70-36-40-79-44-48-83-52-54-85-50-46-81-42-38-74(67(77)62-89-59-58-87-56-57-88-60-61-90-64-34-32-63(33-35-64)68-72-73-69(91-68)92(3)78)39-43-82-47-51-86-55-53-84-49-45-80-41-37-71-66(76)31-29-27-25-23-21-19-17-15-13-11-9-7-5-2/h32-35H,4-31,36-62H2,1-3H3,(H,70,75)(H,71,76). The van der Waals surface area contributed by atoms with Gasteiger partial charge >= 0.3 is 5.22 Å². The van der Waals surface area contributed by atoms with Gasteiger partial charge in [-0.2, -0.15) is 0 Å². The van der Waals surface area contributed by atoms with Crippen LogP contribution in [-0.2, 0) is 77.3 Å². The first-order valence-corrected chi connectivity index (χ1v) is 37.0. The van der Waals surface area contributed by atoms with E-state index in [9.17, 15) is 18.6 Å². The summed E-state index contributed by atoms with van der Waals surface area (Å²) < 4.78 is 85.0. The molecule has 0 spiro atoms. The third kappa shape index (κ3) is 54.5. The number of ether oxygens (including phenoxy) is 12. The van der Waals surface area contributed by atoms with Gasteiger partial charge in [0.25, 0.3) is 0 Å². The second-order valence-electron chi connectivity index (χ2n) is 22.9. The Balaban J connectivity index is 1.50. The maximum atomic E-state index is 13.3. The van der Waals surface area contributed by atoms with Crippen LogP contribution >= 0.6 is 0 Å². The Morgan fingerprint density at radius 2 is 0.717 bits per heavy atom. The van der Waals surface area contributed by atoms with Crippen LogP contribution in [0.4, 0.5) is 0 Å². The van der Waals surface area contributed by atoms with E-state index in [-0.39, 0.29) is 42.0 Å². The van der Waals surface area contributed by atoms with Gasteiger partial charge < -0.3 is 76.8 Å². The van der Waals surface area contributed by atoms with E-state index in [0.717, 1.165) is 25.7 Å². The minimum absolute atomic E-state index is 0.0748. The lowest BCUT2D eigenvalue weighted by Crippen LogP contribution is -2.39. The largest absolute Gasteiger partial charge is 0.491 e. The zero-order chi connectivity index (χ0) is 65.9. The summed E-state index contributed by atoms with van der Waals surface area (Å²) in [6.45, 7) is 14.4. The summed E-state index contributed by atoms with van der Waals surface area (Å²) in [6.07, 6.45) is 36.1. The Bertz CT molecular complexity index is 1900. The zero-order valence-corrected chi connectivity index (χ0v) is 58.2. The van der Waals surface area contributed by atoms with E-state index in [2.05, 4.69) is 34.7 Å². The second-order valence-corrected chi connectivity index (χ2v) is 24.2. The van der Waals surface area contributed by atoms with Crippen LogP contribution in [-0.4, -0.2) is 221 Å². The Morgan fingerprint density at radius 1 is 0.402 bits per heavy atom. The fourth-order valence-electron chi connectivity index (χ4n) is 9.59. The van der Waals surface area contributed by atoms with Gasteiger partial charge in [-0.25, -0.2) is 4.21 Å². The Morgan fingerprint density at radius 3 is 1.07 bits per heavy atom. The predicted octanol–water partition coefficient (Wildman–Crippen LogP) is 11.1. The number of amides is 3. The molecule has 3 amide bonds. The first-order chi connectivity index (χ1) is 45.3. The molecule has 2 N–H and O–H groups in total. The van der Waals surface area contributed by atoms with Gasteiger partial charge in [0.05, 0.1) is 139 Å². The third-order valence-corrected chi connectivity index (χ3v) is 15.6. The smallest absolute Gasteiger partial charge is 0.307 e. The maximum Gasteiger partial charge on any atom is 0.307 e. The Kier molecular flexibility index (Phi) is 60.5. The second kappa shape index (κ2) is 65.9. The SMILES string of the molecule is CCCCCCCCCCCCCCCC(=O)NCCOCCOCCOCCOCCN(CCOCCOCCOCCOCCNC(=O)CCCCCCCCCCCCCCC)C(=O)COCCOCCOCCOc1ccc(-c2nnc(S(C)=O)o2)cc1. The van der Waals surface area contributed by atoms with E-state index in [4.69, 9.17) is 61.3 Å². The fourth-order valence-corrected chi connectivity index (χ4v) is 9.94. The van der Waals surface area contributed by atoms with Crippen molar-refractivity contribution in [1.82, 2.24) is 25.7 Å². The summed E-state index contributed by atoms with van der Waals surface area (Å²) in [6, 6.07) is 7.13. The fraction of sp³-hybridized carbons (Fsp3) is 0.841. The molecule has 0 aliphatic carbocycles. The van der Waals surface area contributed by atoms with Crippen LogP contribution in [0.3, 0.4) is 0 Å². The van der Waals surface area contributed by atoms with Gasteiger partial charge in [-0.05, 0) is 37.1 Å². The predicted molar refractivity (Wildman–Crippen MR) is 360 cm³/mol. The molecular formula is C69H125N5O17S. The normalized spacial score (nSPS) is 11.8. The van der Waals surface area contributed by atoms with Gasteiger partial charge in [-0.3, -0.25) is 14.4 Å². The van der Waals surface area contributed by atoms with Crippen LogP contribution in [0.1, 0.15) is 194 Å². The van der Waals surface area contributed by atoms with Crippen molar-refractivity contribution in [3.63, 3.8) is 0 Å². The van der Waals surface area contributed by atoms with E-state index >= 15 is 0 Å². The number of aromatic nitrogens is 2. The van der Waals surface area contributed by atoms with Crippen LogP contribution < -0.4 is 15.4 Å². The zero-order valence-electron chi connectivity index (χ0n) is 57.4. The van der Waals surface area contributed by atoms with E-state index in [0.29, 0.717) is 189 Å². The van der Waals surface area contributed by atoms with Crippen molar-refractivity contribution >= 4 is 28.5 Å². The Hall–Kier alpha value is -3.72. The molecule has 92 heavy (non-hydrogen) atoms. The highest BCUT2D eigenvalue weighted by molar-refractivity contribution is 7.84. The van der Waals surface area contributed by atoms with E-state index < -0.39 is 10.8 Å². The molecular weight excluding hydrogens is 1200 g/mol. The molecule has 1 aromatic carbocycles. The van der Waals surface area contributed by atoms with Crippen molar-refractivity contribution in [2.24, 2.45) is 0 Å². The number of carbonyl (C=O) groups is 3. The molecule has 1 aromatic heterocycles. The number of hydrogen-bond acceptors (Lipinski definition) is 19. The van der Waals surface area contributed by atoms with E-state index in [1.165, 1.54) is 148 Å². The molecule has 2 rings (SSSR count). The quantitative estimate of drug-likeness (QED) is 0.0585. The summed E-state index contributed by atoms with van der Waals surface area (Å²) >= 11 is 0. The van der Waals surface area contributed by atoms with Crippen molar-refractivity contribution in [1.29, 1.82) is 0 Å². The lowest BCUT2D eigenvalue weighted by molar-refractivity contribution is -0.138. The molecule has 0 aliphatic rings. The highest BCUT2D eigenvalue weighted by Gasteiger charge is 2.15. The number of unbranched alkanes of at least 4 members (excludes halogenated alkanes) is 24. The average molecular weight is 1330 g/mol. The molecule has 0 bridgehead atoms. The molecule has 0 aliphatic heterocycles. The van der Waals surface area contributed by atoms with E-state index in [1.807, 2.05) is 0 Å². The van der Waals surface area contributed by atoms with Gasteiger partial charge in [-0.1, -0.05) is 173 Å². The lowest BCUT2D eigenvalue weighted by Gasteiger charge is -2.23. The lowest BCUT2D eigenvalue weighted by atomic mass is 10.0. The molecule has 1 atom stereocenters. The van der Waals surface area contributed by atoms with Crippen molar-refractivity contribution < 1.29 is 79.9 Å². The minimum atomic E-state index is -1.35. The van der Waals surface area contributed by atoms with Crippen LogP contribution in [0.5, 0.6) is 5.75 Å². The monoisotopic (exact) mass is 1330 g/mol. The van der Waals surface area contributed by atoms with Crippen molar-refractivity contribution in [2.75, 3.05) is 184 Å². The average Bonchev–Trinajstić information content (AvgIpc) is 1.93. The molecule has 0 radical (unpaired) electrons. The van der Waals surface area contributed by atoms with Crippen LogP contribution in [0, 0.1) is 0 Å². The number of carbonyl (C=O) groups excluding carboxylic acids is 3. The number of nitrogens with zero attached hydrogens (tertiary/aromatic N) is 3. The first-order valence-electron chi connectivity index (χ1n) is 35.4. The summed E-state index contributed by atoms with van der Waals surface area (Å²) in [4.78, 5) is 39.3. The molecule has 0 saturated heterocycles. The number of benzene rings is 1. The number of rotatable bonds is 72. The highest BCUT2D eigenvalue weighted by atomic mass is 32.2. The van der Waals surface area contributed by atoms with Crippen LogP contribution in [0.25, 0.3) is 11.5 Å². The molecule has 23 heteroatoms. The summed E-state index contributed by atoms with van der Waals surface area (Å²) in [5, 5.41) is 13.7. The van der Waals surface area contributed by atoms with Crippen molar-refractivity contribution in [3.8, 4) is 17.2 Å². The van der Waals surface area contributed by atoms with Gasteiger partial charge in [0.15, 0.2) is 0 Å². The molecule has 1 unspecified atom stereocenters. The van der Waals surface area contributed by atoms with Gasteiger partial charge in [0.1, 0.15) is 29.8 Å². The summed E-state index contributed by atoms with van der Waals surface area (Å²) in [5.41, 5.74) is 0.692. The van der Waals surface area contributed by atoms with Crippen LogP contribution in [0.2, 0.25) is 0 Å². The number of nitrogens with one attached hydrogen (secondary N) is 2. The minimum Gasteiger partial charge on any atom is -0.491 e. The summed E-state index contributed by atoms with van der Waals surface area (Å²) in [5.74, 6) is 0.917. The maximum absolute atomic E-state index is 13.3. The Labute approximate surface area is 556 Å². The van der Waals surface area contributed by atoms with Crippen molar-refractivity contribution in [2.45, 2.75) is 199 Å². The van der Waals surface area contributed by atoms with Gasteiger partial charge in [-0.15, -0.1) is 5.10 Å². The highest BCUT2D eigenvalue weighted by Crippen LogP contribution is 2.22. The third-order valence-electron chi connectivity index (χ3n) is 15.0. The van der Waals surface area contributed by atoms with Crippen molar-refractivity contribution in [3.05, 3.63) is 24.3 Å². The number of hydrogen-bond donors (Lipinski definition) is 2. The van der Waals surface area contributed by atoms with Crippen LogP contribution in [0.15, 0.2) is 33.9 Å². The molecule has 0 fully saturated rings. The van der Waals surface area contributed by atoms with Gasteiger partial charge in [0, 0.05) is 50.8 Å². The molecule has 22 nitrogen and oxygen atoms in total. The molecule has 534 valence electrons.